The van der Waals surface area contributed by atoms with Crippen LogP contribution in [-0.2, 0) is 0 Å². The van der Waals surface area contributed by atoms with Crippen LogP contribution in [0, 0.1) is 13.8 Å². The molecule has 0 aliphatic rings. The molecule has 0 radical (unpaired) electrons. The largest absolute Gasteiger partial charge is 0.395 e. The topological polar surface area (TPSA) is 79.5 Å². The van der Waals surface area contributed by atoms with Crippen LogP contribution < -0.4 is 5.32 Å². The molecule has 0 aliphatic heterocycles. The maximum atomic E-state index is 11.8. The van der Waals surface area contributed by atoms with Crippen molar-refractivity contribution in [3.63, 3.8) is 0 Å². The van der Waals surface area contributed by atoms with Crippen molar-refractivity contribution in [2.45, 2.75) is 13.8 Å². The van der Waals surface area contributed by atoms with Gasteiger partial charge < -0.3 is 10.4 Å². The lowest BCUT2D eigenvalue weighted by molar-refractivity contribution is 0.0946. The molecule has 0 saturated carbocycles. The fourth-order valence-corrected chi connectivity index (χ4v) is 1.70. The molecule has 2 aromatic heterocycles. The lowest BCUT2D eigenvalue weighted by atomic mass is 10.3. The van der Waals surface area contributed by atoms with Gasteiger partial charge in [-0.1, -0.05) is 0 Å². The quantitative estimate of drug-likeness (QED) is 0.787. The zero-order valence-electron chi connectivity index (χ0n) is 9.77. The van der Waals surface area contributed by atoms with Gasteiger partial charge in [0.15, 0.2) is 5.65 Å². The van der Waals surface area contributed by atoms with Gasteiger partial charge in [0.05, 0.1) is 12.8 Å². The minimum atomic E-state index is -0.272. The summed E-state index contributed by atoms with van der Waals surface area (Å²) in [5, 5.41) is 15.4. The van der Waals surface area contributed by atoms with Crippen molar-refractivity contribution in [3.05, 3.63) is 29.2 Å². The van der Waals surface area contributed by atoms with Gasteiger partial charge >= 0.3 is 0 Å². The maximum absolute atomic E-state index is 11.8. The molecular formula is C11H14N4O2. The second-order valence-corrected chi connectivity index (χ2v) is 3.81. The van der Waals surface area contributed by atoms with Crippen molar-refractivity contribution < 1.29 is 9.90 Å². The molecule has 17 heavy (non-hydrogen) atoms. The van der Waals surface area contributed by atoms with Gasteiger partial charge in [-0.2, -0.15) is 5.10 Å². The number of carbonyl (C=O) groups excluding carboxylic acids is 1. The molecule has 6 nitrogen and oxygen atoms in total. The minimum absolute atomic E-state index is 0.0869. The van der Waals surface area contributed by atoms with Gasteiger partial charge in [0.25, 0.3) is 5.91 Å². The van der Waals surface area contributed by atoms with E-state index in [0.717, 1.165) is 11.4 Å². The highest BCUT2D eigenvalue weighted by atomic mass is 16.3. The summed E-state index contributed by atoms with van der Waals surface area (Å²) in [7, 11) is 0. The summed E-state index contributed by atoms with van der Waals surface area (Å²) in [6.07, 6.45) is 1.49. The molecular weight excluding hydrogens is 220 g/mol. The third kappa shape index (κ3) is 2.12. The van der Waals surface area contributed by atoms with Crippen molar-refractivity contribution in [2.24, 2.45) is 0 Å². The number of nitrogens with zero attached hydrogens (tertiary/aromatic N) is 3. The maximum Gasteiger partial charge on any atom is 0.256 e. The monoisotopic (exact) mass is 234 g/mol. The van der Waals surface area contributed by atoms with Crippen LogP contribution in [-0.4, -0.2) is 38.8 Å². The summed E-state index contributed by atoms with van der Waals surface area (Å²) in [5.41, 5.74) is 2.73. The molecule has 2 N–H and O–H groups in total. The first-order valence-electron chi connectivity index (χ1n) is 5.34. The fraction of sp³-hybridized carbons (Fsp3) is 0.364. The van der Waals surface area contributed by atoms with E-state index in [0.29, 0.717) is 11.2 Å². The average Bonchev–Trinajstić information content (AvgIpc) is 2.69. The number of carbonyl (C=O) groups is 1. The molecule has 0 saturated heterocycles. The number of aryl methyl sites for hydroxylation is 2. The van der Waals surface area contributed by atoms with E-state index < -0.39 is 0 Å². The number of nitrogens with one attached hydrogen (secondary N) is 1. The van der Waals surface area contributed by atoms with E-state index in [1.165, 1.54) is 6.20 Å². The molecule has 0 bridgehead atoms. The van der Waals surface area contributed by atoms with Crippen molar-refractivity contribution in [3.8, 4) is 0 Å². The Hall–Kier alpha value is -1.95. The lowest BCUT2D eigenvalue weighted by Crippen LogP contribution is -2.26. The van der Waals surface area contributed by atoms with E-state index in [4.69, 9.17) is 5.11 Å². The van der Waals surface area contributed by atoms with E-state index in [9.17, 15) is 4.79 Å². The van der Waals surface area contributed by atoms with E-state index in [1.54, 1.807) is 4.52 Å². The van der Waals surface area contributed by atoms with E-state index in [-0.39, 0.29) is 19.1 Å². The van der Waals surface area contributed by atoms with Crippen molar-refractivity contribution in [2.75, 3.05) is 13.2 Å². The average molecular weight is 234 g/mol. The van der Waals surface area contributed by atoms with Crippen LogP contribution in [0.25, 0.3) is 5.65 Å². The van der Waals surface area contributed by atoms with E-state index in [1.807, 2.05) is 19.9 Å². The zero-order valence-corrected chi connectivity index (χ0v) is 9.77. The standard InChI is InChI=1S/C11H14N4O2/c1-7-5-8(2)15-10(14-7)9(6-13-15)11(17)12-3-4-16/h5-6,16H,3-4H2,1-2H3,(H,12,17). The van der Waals surface area contributed by atoms with Crippen molar-refractivity contribution in [1.82, 2.24) is 19.9 Å². The van der Waals surface area contributed by atoms with Crippen LogP contribution in [0.4, 0.5) is 0 Å². The van der Waals surface area contributed by atoms with Crippen LogP contribution in [0.2, 0.25) is 0 Å². The van der Waals surface area contributed by atoms with Crippen molar-refractivity contribution >= 4 is 11.6 Å². The van der Waals surface area contributed by atoms with Gasteiger partial charge in [-0.25, -0.2) is 9.50 Å². The molecule has 90 valence electrons. The SMILES string of the molecule is Cc1cc(C)n2ncc(C(=O)NCCO)c2n1. The summed E-state index contributed by atoms with van der Waals surface area (Å²) < 4.78 is 1.63. The Kier molecular flexibility index (Phi) is 3.06. The third-order valence-electron chi connectivity index (χ3n) is 2.42. The Morgan fingerprint density at radius 1 is 1.53 bits per heavy atom. The molecule has 0 fully saturated rings. The minimum Gasteiger partial charge on any atom is -0.395 e. The van der Waals surface area contributed by atoms with Gasteiger partial charge in [0.2, 0.25) is 0 Å². The number of aliphatic hydroxyl groups is 1. The molecule has 0 atom stereocenters. The van der Waals surface area contributed by atoms with Crippen LogP contribution in [0.15, 0.2) is 12.3 Å². The van der Waals surface area contributed by atoms with Crippen LogP contribution in [0.5, 0.6) is 0 Å². The van der Waals surface area contributed by atoms with Gasteiger partial charge in [0, 0.05) is 17.9 Å². The van der Waals surface area contributed by atoms with Gasteiger partial charge in [0.1, 0.15) is 5.56 Å². The summed E-state index contributed by atoms with van der Waals surface area (Å²) in [6.45, 7) is 3.91. The number of aliphatic hydroxyl groups excluding tert-OH is 1. The Morgan fingerprint density at radius 2 is 2.29 bits per heavy atom. The van der Waals surface area contributed by atoms with Crippen LogP contribution >= 0.6 is 0 Å². The summed E-state index contributed by atoms with van der Waals surface area (Å²) in [5.74, 6) is -0.272. The molecule has 2 aromatic rings. The highest BCUT2D eigenvalue weighted by Crippen LogP contribution is 2.11. The summed E-state index contributed by atoms with van der Waals surface area (Å²) >= 11 is 0. The van der Waals surface area contributed by atoms with Crippen LogP contribution in [0.3, 0.4) is 0 Å². The number of hydrogen-bond acceptors (Lipinski definition) is 4. The predicted octanol–water partition coefficient (Wildman–Crippen LogP) is 0.0682. The van der Waals surface area contributed by atoms with Gasteiger partial charge in [-0.15, -0.1) is 0 Å². The second kappa shape index (κ2) is 4.50. The Bertz CT molecular complexity index is 562. The predicted molar refractivity (Wildman–Crippen MR) is 61.9 cm³/mol. The van der Waals surface area contributed by atoms with E-state index in [2.05, 4.69) is 15.4 Å². The Labute approximate surface area is 98.3 Å². The first kappa shape index (κ1) is 11.5. The number of rotatable bonds is 3. The highest BCUT2D eigenvalue weighted by Gasteiger charge is 2.14. The highest BCUT2D eigenvalue weighted by molar-refractivity contribution is 5.99. The number of fused-ring (bicyclic) bond motifs is 1. The first-order chi connectivity index (χ1) is 8.13. The lowest BCUT2D eigenvalue weighted by Gasteiger charge is -2.03. The van der Waals surface area contributed by atoms with Crippen LogP contribution in [0.1, 0.15) is 21.7 Å². The number of aromatic nitrogens is 3. The van der Waals surface area contributed by atoms with Gasteiger partial charge in [-0.3, -0.25) is 4.79 Å². The Morgan fingerprint density at radius 3 is 3.00 bits per heavy atom. The fourth-order valence-electron chi connectivity index (χ4n) is 1.70. The zero-order chi connectivity index (χ0) is 12.4. The first-order valence-corrected chi connectivity index (χ1v) is 5.34. The molecule has 2 heterocycles. The summed E-state index contributed by atoms with van der Waals surface area (Å²) in [6, 6.07) is 1.90. The third-order valence-corrected chi connectivity index (χ3v) is 2.42. The molecule has 0 aromatic carbocycles. The summed E-state index contributed by atoms with van der Waals surface area (Å²) in [4.78, 5) is 16.1. The van der Waals surface area contributed by atoms with Gasteiger partial charge in [-0.05, 0) is 19.9 Å². The molecule has 0 unspecified atom stereocenters. The molecule has 1 amide bonds. The second-order valence-electron chi connectivity index (χ2n) is 3.81. The van der Waals surface area contributed by atoms with E-state index >= 15 is 0 Å². The number of amides is 1. The smallest absolute Gasteiger partial charge is 0.256 e. The molecule has 0 spiro atoms. The molecule has 6 heteroatoms. The van der Waals surface area contributed by atoms with Crippen molar-refractivity contribution in [1.29, 1.82) is 0 Å². The Balaban J connectivity index is 2.45. The number of hydrogen-bond donors (Lipinski definition) is 2. The normalized spacial score (nSPS) is 10.8. The molecule has 2 rings (SSSR count). The molecule has 0 aliphatic carbocycles.